The molecule has 0 fully saturated rings. The highest BCUT2D eigenvalue weighted by molar-refractivity contribution is 6.13. The van der Waals surface area contributed by atoms with Crippen LogP contribution >= 0.6 is 0 Å². The predicted molar refractivity (Wildman–Crippen MR) is 232 cm³/mol. The van der Waals surface area contributed by atoms with Crippen LogP contribution in [0.5, 0.6) is 0 Å². The number of benzene rings is 6. The third-order valence-electron chi connectivity index (χ3n) is 11.9. The molecule has 6 aromatic carbocycles. The molecule has 1 aliphatic heterocycles. The van der Waals surface area contributed by atoms with Crippen LogP contribution in [-0.4, -0.2) is 4.57 Å². The van der Waals surface area contributed by atoms with Crippen molar-refractivity contribution in [1.82, 2.24) is 4.57 Å². The van der Waals surface area contributed by atoms with E-state index in [1.54, 1.807) is 0 Å². The van der Waals surface area contributed by atoms with Crippen LogP contribution in [0.1, 0.15) is 102 Å². The SMILES string of the molecule is C/C=C(\CC)c1cc2c3c(c1)c1cc(-c4ccc(-c5ccccc5)cc4)ccc1n3-c1ccccc1C2(C)C.CC.CC1=C(C)C(C)c2ccccc21. The zero-order chi connectivity index (χ0) is 37.4. The highest BCUT2D eigenvalue weighted by Crippen LogP contribution is 2.49. The lowest BCUT2D eigenvalue weighted by Crippen LogP contribution is -2.26. The maximum Gasteiger partial charge on any atom is 0.0582 e. The number of para-hydroxylation sites is 1. The Hall–Kier alpha value is -5.40. The molecule has 9 rings (SSSR count). The molecule has 53 heavy (non-hydrogen) atoms. The van der Waals surface area contributed by atoms with Gasteiger partial charge in [0.2, 0.25) is 0 Å². The van der Waals surface area contributed by atoms with Gasteiger partial charge in [0, 0.05) is 22.1 Å². The van der Waals surface area contributed by atoms with E-state index < -0.39 is 0 Å². The second-order valence-electron chi connectivity index (χ2n) is 14.9. The van der Waals surface area contributed by atoms with E-state index in [9.17, 15) is 0 Å². The minimum Gasteiger partial charge on any atom is -0.309 e. The molecular formula is C52H53N. The van der Waals surface area contributed by atoms with Crippen LogP contribution in [0.4, 0.5) is 0 Å². The lowest BCUT2D eigenvalue weighted by atomic mass is 9.74. The van der Waals surface area contributed by atoms with Crippen LogP contribution in [0.2, 0.25) is 0 Å². The Morgan fingerprint density at radius 1 is 0.660 bits per heavy atom. The molecule has 1 unspecified atom stereocenters. The molecule has 0 saturated heterocycles. The summed E-state index contributed by atoms with van der Waals surface area (Å²) in [5.74, 6) is 0.626. The lowest BCUT2D eigenvalue weighted by molar-refractivity contribution is 0.630. The smallest absolute Gasteiger partial charge is 0.0582 e. The van der Waals surface area contributed by atoms with Gasteiger partial charge in [0.05, 0.1) is 16.7 Å². The molecule has 0 spiro atoms. The van der Waals surface area contributed by atoms with Gasteiger partial charge in [-0.2, -0.15) is 0 Å². The monoisotopic (exact) mass is 691 g/mol. The zero-order valence-electron chi connectivity index (χ0n) is 33.0. The van der Waals surface area contributed by atoms with E-state index in [1.807, 2.05) is 13.8 Å². The molecule has 0 saturated carbocycles. The standard InChI is InChI=1S/C38H33N.C12H14.C2H6/c1-5-25(6-2)30-23-32-31-22-29(28-18-16-27(17-19-28)26-12-8-7-9-13-26)20-21-35(31)39-36-15-11-10-14-33(36)38(3,4)34(24-30)37(32)39;1-8-9(2)11-6-4-5-7-12(11)10(8)3;1-2/h5,7-24H,6H2,1-4H3;4-7,9H,1-3H3;1-2H3/b25-5+;;. The Kier molecular flexibility index (Phi) is 9.88. The van der Waals surface area contributed by atoms with E-state index in [4.69, 9.17) is 0 Å². The summed E-state index contributed by atoms with van der Waals surface area (Å²) in [5.41, 5.74) is 20.3. The van der Waals surface area contributed by atoms with Gasteiger partial charge in [-0.1, -0.05) is 156 Å². The average molecular weight is 692 g/mol. The fraction of sp³-hybridized carbons (Fsp3) is 0.231. The predicted octanol–water partition coefficient (Wildman–Crippen LogP) is 15.2. The second kappa shape index (κ2) is 14.6. The van der Waals surface area contributed by atoms with Crippen molar-refractivity contribution < 1.29 is 0 Å². The summed E-state index contributed by atoms with van der Waals surface area (Å²) in [6.45, 7) is 19.9. The van der Waals surface area contributed by atoms with Crippen molar-refractivity contribution in [2.45, 2.75) is 80.1 Å². The molecule has 1 nitrogen and oxygen atoms in total. The van der Waals surface area contributed by atoms with Crippen molar-refractivity contribution in [2.75, 3.05) is 0 Å². The number of nitrogens with zero attached hydrogens (tertiary/aromatic N) is 1. The van der Waals surface area contributed by atoms with Gasteiger partial charge in [-0.05, 0) is 119 Å². The molecule has 1 aromatic heterocycles. The normalized spacial score (nSPS) is 15.3. The van der Waals surface area contributed by atoms with Crippen LogP contribution in [0.15, 0.2) is 145 Å². The molecule has 7 aromatic rings. The Bertz CT molecular complexity index is 2500. The summed E-state index contributed by atoms with van der Waals surface area (Å²) >= 11 is 0. The summed E-state index contributed by atoms with van der Waals surface area (Å²) in [4.78, 5) is 0. The molecule has 1 atom stereocenters. The van der Waals surface area contributed by atoms with Crippen molar-refractivity contribution in [3.8, 4) is 27.9 Å². The quantitative estimate of drug-likeness (QED) is 0.173. The first-order chi connectivity index (χ1) is 25.7. The van der Waals surface area contributed by atoms with Gasteiger partial charge in [0.15, 0.2) is 0 Å². The van der Waals surface area contributed by atoms with Gasteiger partial charge < -0.3 is 4.57 Å². The number of fused-ring (bicyclic) bond motifs is 6. The highest BCUT2D eigenvalue weighted by atomic mass is 15.0. The van der Waals surface area contributed by atoms with E-state index >= 15 is 0 Å². The fourth-order valence-corrected chi connectivity index (χ4v) is 8.63. The topological polar surface area (TPSA) is 4.93 Å². The molecule has 2 heterocycles. The zero-order valence-corrected chi connectivity index (χ0v) is 33.0. The van der Waals surface area contributed by atoms with E-state index in [0.29, 0.717) is 5.92 Å². The molecule has 0 bridgehead atoms. The van der Waals surface area contributed by atoms with Crippen molar-refractivity contribution in [1.29, 1.82) is 0 Å². The maximum absolute atomic E-state index is 2.51. The summed E-state index contributed by atoms with van der Waals surface area (Å²) in [5, 5.41) is 2.66. The van der Waals surface area contributed by atoms with Crippen LogP contribution in [0.25, 0.3) is 60.9 Å². The van der Waals surface area contributed by atoms with E-state index in [1.165, 1.54) is 94.3 Å². The Morgan fingerprint density at radius 3 is 1.94 bits per heavy atom. The summed E-state index contributed by atoms with van der Waals surface area (Å²) < 4.78 is 2.51. The number of allylic oxidation sites excluding steroid dienone is 4. The summed E-state index contributed by atoms with van der Waals surface area (Å²) in [6, 6.07) is 49.1. The van der Waals surface area contributed by atoms with E-state index in [-0.39, 0.29) is 5.41 Å². The van der Waals surface area contributed by atoms with Gasteiger partial charge in [0.25, 0.3) is 0 Å². The molecule has 1 heteroatoms. The summed E-state index contributed by atoms with van der Waals surface area (Å²) in [6.07, 6.45) is 3.30. The van der Waals surface area contributed by atoms with Gasteiger partial charge in [-0.25, -0.2) is 0 Å². The molecular weight excluding hydrogens is 639 g/mol. The van der Waals surface area contributed by atoms with Crippen LogP contribution in [0.3, 0.4) is 0 Å². The largest absolute Gasteiger partial charge is 0.309 e. The Balaban J connectivity index is 0.000000262. The first kappa shape index (κ1) is 36.0. The lowest BCUT2D eigenvalue weighted by Gasteiger charge is -2.35. The third-order valence-corrected chi connectivity index (χ3v) is 11.9. The highest BCUT2D eigenvalue weighted by Gasteiger charge is 2.35. The van der Waals surface area contributed by atoms with E-state index in [0.717, 1.165) is 6.42 Å². The average Bonchev–Trinajstić information content (AvgIpc) is 3.65. The summed E-state index contributed by atoms with van der Waals surface area (Å²) in [7, 11) is 0. The van der Waals surface area contributed by atoms with Gasteiger partial charge in [-0.15, -0.1) is 0 Å². The van der Waals surface area contributed by atoms with Gasteiger partial charge in [-0.3, -0.25) is 0 Å². The molecule has 0 amide bonds. The minimum atomic E-state index is -0.0854. The van der Waals surface area contributed by atoms with Crippen molar-refractivity contribution in [2.24, 2.45) is 0 Å². The number of hydrogen-bond donors (Lipinski definition) is 0. The molecule has 0 radical (unpaired) electrons. The Labute approximate surface area is 317 Å². The molecule has 1 aliphatic carbocycles. The van der Waals surface area contributed by atoms with Crippen molar-refractivity contribution in [3.63, 3.8) is 0 Å². The maximum atomic E-state index is 2.51. The first-order valence-electron chi connectivity index (χ1n) is 19.5. The number of hydrogen-bond acceptors (Lipinski definition) is 0. The van der Waals surface area contributed by atoms with Gasteiger partial charge in [0.1, 0.15) is 0 Å². The van der Waals surface area contributed by atoms with E-state index in [2.05, 4.69) is 193 Å². The van der Waals surface area contributed by atoms with Crippen molar-refractivity contribution in [3.05, 3.63) is 173 Å². The third kappa shape index (κ3) is 6.07. The minimum absolute atomic E-state index is 0.0854. The number of rotatable bonds is 4. The van der Waals surface area contributed by atoms with Crippen LogP contribution in [-0.2, 0) is 5.41 Å². The first-order valence-corrected chi connectivity index (χ1v) is 19.5. The molecule has 266 valence electrons. The molecule has 2 aliphatic rings. The Morgan fingerprint density at radius 2 is 1.26 bits per heavy atom. The van der Waals surface area contributed by atoms with Crippen molar-refractivity contribution >= 4 is 33.0 Å². The van der Waals surface area contributed by atoms with Crippen LogP contribution in [0, 0.1) is 0 Å². The molecule has 0 N–H and O–H groups in total. The van der Waals surface area contributed by atoms with Gasteiger partial charge >= 0.3 is 0 Å². The number of aromatic nitrogens is 1. The van der Waals surface area contributed by atoms with Crippen LogP contribution < -0.4 is 0 Å². The second-order valence-corrected chi connectivity index (χ2v) is 14.9. The fourth-order valence-electron chi connectivity index (χ4n) is 8.63.